The van der Waals surface area contributed by atoms with E-state index >= 15 is 0 Å². The topological polar surface area (TPSA) is 62.5 Å². The molecule has 9 heteroatoms. The van der Waals surface area contributed by atoms with Gasteiger partial charge < -0.3 is 24.6 Å². The molecule has 0 saturated carbocycles. The zero-order valence-corrected chi connectivity index (χ0v) is 22.2. The molecule has 5 rings (SSSR count). The number of nitrogens with one attached hydrogen (secondary N) is 1. The average Bonchev–Trinajstić information content (AvgIpc) is 3.36. The minimum Gasteiger partial charge on any atom is -0.506 e. The number of anilines is 1. The van der Waals surface area contributed by atoms with Crippen molar-refractivity contribution < 1.29 is 9.84 Å². The Hall–Kier alpha value is -3.26. The zero-order valence-electron chi connectivity index (χ0n) is 19.9. The lowest BCUT2D eigenvalue weighted by molar-refractivity contribution is 0.412. The molecule has 1 saturated heterocycles. The van der Waals surface area contributed by atoms with Crippen LogP contribution in [0.25, 0.3) is 5.69 Å². The molecule has 0 amide bonds. The maximum Gasteiger partial charge on any atom is 0.174 e. The highest BCUT2D eigenvalue weighted by Crippen LogP contribution is 2.46. The molecule has 36 heavy (non-hydrogen) atoms. The molecule has 1 aliphatic rings. The van der Waals surface area contributed by atoms with E-state index in [0.717, 1.165) is 28.3 Å². The van der Waals surface area contributed by atoms with Crippen LogP contribution in [0.4, 0.5) is 5.69 Å². The highest BCUT2D eigenvalue weighted by Gasteiger charge is 2.43. The van der Waals surface area contributed by atoms with Gasteiger partial charge in [0, 0.05) is 27.6 Å². The van der Waals surface area contributed by atoms with Gasteiger partial charge in [-0.15, -0.1) is 0 Å². The molecule has 0 aliphatic carbocycles. The van der Waals surface area contributed by atoms with Crippen molar-refractivity contribution in [2.45, 2.75) is 25.9 Å². The standard InChI is InChI=1S/C27H24Cl2N4O2S/c1-15-12-19(16(2)32(15)22-14-18(29)8-10-24(22)35-3)26-25(20-6-4-5-11-30-20)31-27(36)33(26)21-13-17(28)7-9-23(21)34/h4-14,25-26,34H,1-3H3,(H,31,36). The maximum atomic E-state index is 10.8. The smallest absolute Gasteiger partial charge is 0.174 e. The Labute approximate surface area is 225 Å². The third-order valence-corrected chi connectivity index (χ3v) is 7.25. The number of nitrogens with zero attached hydrogens (tertiary/aromatic N) is 3. The monoisotopic (exact) mass is 538 g/mol. The first-order valence-corrected chi connectivity index (χ1v) is 12.5. The molecule has 2 aromatic carbocycles. The number of thiocarbonyl (C=S) groups is 1. The first-order chi connectivity index (χ1) is 17.3. The molecule has 6 nitrogen and oxygen atoms in total. The predicted molar refractivity (Wildman–Crippen MR) is 148 cm³/mol. The molecule has 3 heterocycles. The minimum absolute atomic E-state index is 0.0838. The molecule has 1 fully saturated rings. The van der Waals surface area contributed by atoms with Crippen molar-refractivity contribution in [3.63, 3.8) is 0 Å². The van der Waals surface area contributed by atoms with Gasteiger partial charge in [-0.1, -0.05) is 29.3 Å². The third kappa shape index (κ3) is 4.17. The zero-order chi connectivity index (χ0) is 25.6. The average molecular weight is 539 g/mol. The normalized spacial score (nSPS) is 17.4. The van der Waals surface area contributed by atoms with E-state index in [-0.39, 0.29) is 17.8 Å². The van der Waals surface area contributed by atoms with E-state index < -0.39 is 0 Å². The Kier molecular flexibility index (Phi) is 6.55. The molecule has 0 radical (unpaired) electrons. The maximum absolute atomic E-state index is 10.8. The summed E-state index contributed by atoms with van der Waals surface area (Å²) in [5.74, 6) is 0.791. The number of benzene rings is 2. The molecule has 1 aliphatic heterocycles. The number of pyridine rings is 1. The summed E-state index contributed by atoms with van der Waals surface area (Å²) in [7, 11) is 1.64. The number of ether oxygens (including phenoxy) is 1. The Bertz CT molecular complexity index is 1460. The van der Waals surface area contributed by atoms with Crippen LogP contribution in [0.1, 0.15) is 34.7 Å². The van der Waals surface area contributed by atoms with Crippen molar-refractivity contribution in [1.82, 2.24) is 14.9 Å². The van der Waals surface area contributed by atoms with Crippen LogP contribution in [0.3, 0.4) is 0 Å². The van der Waals surface area contributed by atoms with Crippen LogP contribution in [-0.4, -0.2) is 26.9 Å². The van der Waals surface area contributed by atoms with E-state index in [2.05, 4.69) is 27.9 Å². The first-order valence-electron chi connectivity index (χ1n) is 11.3. The van der Waals surface area contributed by atoms with E-state index in [1.807, 2.05) is 42.2 Å². The molecule has 184 valence electrons. The highest BCUT2D eigenvalue weighted by atomic mass is 35.5. The number of methoxy groups -OCH3 is 1. The molecule has 0 bridgehead atoms. The summed E-state index contributed by atoms with van der Waals surface area (Å²) in [6.07, 6.45) is 1.76. The fraction of sp³-hybridized carbons (Fsp3) is 0.185. The molecule has 0 spiro atoms. The molecule has 2 aromatic heterocycles. The summed E-state index contributed by atoms with van der Waals surface area (Å²) in [6.45, 7) is 4.09. The Morgan fingerprint density at radius 1 is 1.00 bits per heavy atom. The highest BCUT2D eigenvalue weighted by molar-refractivity contribution is 7.80. The largest absolute Gasteiger partial charge is 0.506 e. The van der Waals surface area contributed by atoms with E-state index in [9.17, 15) is 5.11 Å². The number of halogens is 2. The van der Waals surface area contributed by atoms with Crippen LogP contribution in [0, 0.1) is 13.8 Å². The molecule has 2 unspecified atom stereocenters. The molecule has 2 atom stereocenters. The van der Waals surface area contributed by atoms with Gasteiger partial charge >= 0.3 is 0 Å². The SMILES string of the molecule is COc1ccc(Cl)cc1-n1c(C)cc(C2C(c3ccccn3)NC(=S)N2c2cc(Cl)ccc2O)c1C. The van der Waals surface area contributed by atoms with Crippen LogP contribution in [0.5, 0.6) is 11.5 Å². The van der Waals surface area contributed by atoms with Crippen molar-refractivity contribution in [3.8, 4) is 17.2 Å². The number of hydrogen-bond donors (Lipinski definition) is 2. The number of phenols is 1. The lowest BCUT2D eigenvalue weighted by atomic mass is 9.96. The lowest BCUT2D eigenvalue weighted by Gasteiger charge is -2.29. The number of aromatic nitrogens is 2. The molecule has 4 aromatic rings. The Morgan fingerprint density at radius 3 is 2.42 bits per heavy atom. The van der Waals surface area contributed by atoms with Gasteiger partial charge in [-0.05, 0) is 86.2 Å². The van der Waals surface area contributed by atoms with Gasteiger partial charge in [0.25, 0.3) is 0 Å². The van der Waals surface area contributed by atoms with Crippen molar-refractivity contribution in [1.29, 1.82) is 0 Å². The summed E-state index contributed by atoms with van der Waals surface area (Å²) in [6, 6.07) is 17.8. The van der Waals surface area contributed by atoms with Gasteiger partial charge in [-0.3, -0.25) is 4.98 Å². The second-order valence-corrected chi connectivity index (χ2v) is 9.87. The second kappa shape index (κ2) is 9.65. The van der Waals surface area contributed by atoms with Crippen molar-refractivity contribution in [2.24, 2.45) is 0 Å². The fourth-order valence-corrected chi connectivity index (χ4v) is 5.59. The fourth-order valence-electron chi connectivity index (χ4n) is 4.92. The summed E-state index contributed by atoms with van der Waals surface area (Å²) >= 11 is 18.5. The lowest BCUT2D eigenvalue weighted by Crippen LogP contribution is -2.29. The van der Waals surface area contributed by atoms with Gasteiger partial charge in [0.05, 0.1) is 36.3 Å². The number of aromatic hydroxyl groups is 1. The Balaban J connectivity index is 1.73. The minimum atomic E-state index is -0.318. The van der Waals surface area contributed by atoms with E-state index in [0.29, 0.717) is 26.6 Å². The van der Waals surface area contributed by atoms with Crippen LogP contribution >= 0.6 is 35.4 Å². The van der Waals surface area contributed by atoms with Gasteiger partial charge in [-0.25, -0.2) is 0 Å². The van der Waals surface area contributed by atoms with E-state index in [4.69, 9.17) is 40.2 Å². The summed E-state index contributed by atoms with van der Waals surface area (Å²) in [4.78, 5) is 6.53. The van der Waals surface area contributed by atoms with Gasteiger partial charge in [0.2, 0.25) is 0 Å². The summed E-state index contributed by atoms with van der Waals surface area (Å²) in [5.41, 5.74) is 5.18. The van der Waals surface area contributed by atoms with Crippen LogP contribution < -0.4 is 15.0 Å². The first kappa shape index (κ1) is 24.4. The molecular formula is C27H24Cl2N4O2S. The van der Waals surface area contributed by atoms with Crippen LogP contribution in [-0.2, 0) is 0 Å². The number of phenolic OH excluding ortho intramolecular Hbond substituents is 1. The third-order valence-electron chi connectivity index (χ3n) is 6.47. The Morgan fingerprint density at radius 2 is 1.72 bits per heavy atom. The quantitative estimate of drug-likeness (QED) is 0.276. The molecule has 2 N–H and O–H groups in total. The van der Waals surface area contributed by atoms with Gasteiger partial charge in [-0.2, -0.15) is 0 Å². The number of aryl methyl sites for hydroxylation is 1. The predicted octanol–water partition coefficient (Wildman–Crippen LogP) is 6.69. The molecular weight excluding hydrogens is 515 g/mol. The van der Waals surface area contributed by atoms with Crippen LogP contribution in [0.2, 0.25) is 10.0 Å². The van der Waals surface area contributed by atoms with Gasteiger partial charge in [0.1, 0.15) is 11.5 Å². The summed E-state index contributed by atoms with van der Waals surface area (Å²) < 4.78 is 7.76. The number of rotatable bonds is 5. The van der Waals surface area contributed by atoms with Crippen molar-refractivity contribution in [3.05, 3.63) is 99.6 Å². The van der Waals surface area contributed by atoms with Crippen molar-refractivity contribution >= 4 is 46.2 Å². The van der Waals surface area contributed by atoms with Crippen LogP contribution in [0.15, 0.2) is 66.9 Å². The number of hydrogen-bond acceptors (Lipinski definition) is 4. The van der Waals surface area contributed by atoms with E-state index in [1.165, 1.54) is 0 Å². The van der Waals surface area contributed by atoms with Gasteiger partial charge in [0.15, 0.2) is 5.11 Å². The van der Waals surface area contributed by atoms with E-state index in [1.54, 1.807) is 37.6 Å². The second-order valence-electron chi connectivity index (χ2n) is 8.61. The summed E-state index contributed by atoms with van der Waals surface area (Å²) in [5, 5.41) is 15.8. The van der Waals surface area contributed by atoms with Crippen molar-refractivity contribution in [2.75, 3.05) is 12.0 Å².